The molecule has 0 saturated carbocycles. The lowest BCUT2D eigenvalue weighted by molar-refractivity contribution is -0.167. The predicted octanol–water partition coefficient (Wildman–Crippen LogP) is 11.3. The number of nitrogens with zero attached hydrogens (tertiary/aromatic N) is 1. The van der Waals surface area contributed by atoms with Crippen LogP contribution in [0.3, 0.4) is 0 Å². The van der Waals surface area contributed by atoms with Crippen LogP contribution in [0.25, 0.3) is 0 Å². The summed E-state index contributed by atoms with van der Waals surface area (Å²) in [5.41, 5.74) is 3.63. The van der Waals surface area contributed by atoms with E-state index in [2.05, 4.69) is 43.2 Å². The number of rotatable bonds is 21. The van der Waals surface area contributed by atoms with E-state index in [-0.39, 0.29) is 44.8 Å². The Morgan fingerprint density at radius 1 is 0.852 bits per heavy atom. The molecule has 0 heterocycles. The van der Waals surface area contributed by atoms with Gasteiger partial charge in [-0.3, -0.25) is 14.2 Å². The SMILES string of the molecule is CC[C@@H](CC(=O)OCOC(=O)CCCCOP(=O)(OC(C)(C)C)PC(C)(C)C)c1ccc(N(CC(C)C)CC(C)C)c(NC(=O)Nc2ccc(C)cc2)c1. The number of benzene rings is 2. The fourth-order valence-corrected chi connectivity index (χ4v) is 11.6. The van der Waals surface area contributed by atoms with Crippen molar-refractivity contribution in [2.75, 3.05) is 42.0 Å². The van der Waals surface area contributed by atoms with Gasteiger partial charge in [-0.05, 0) is 99.7 Å². The van der Waals surface area contributed by atoms with Gasteiger partial charge in [0.05, 0.1) is 30.0 Å². The highest BCUT2D eigenvalue weighted by atomic mass is 32.1. The molecular formula is C41H67N3O8P2. The second-order valence-electron chi connectivity index (χ2n) is 16.7. The zero-order valence-electron chi connectivity index (χ0n) is 34.8. The molecule has 54 heavy (non-hydrogen) atoms. The Bertz CT molecular complexity index is 1500. The van der Waals surface area contributed by atoms with Gasteiger partial charge in [0.1, 0.15) is 0 Å². The molecule has 3 atom stereocenters. The Morgan fingerprint density at radius 3 is 2.02 bits per heavy atom. The maximum atomic E-state index is 13.4. The number of anilines is 3. The number of hydrogen-bond acceptors (Lipinski definition) is 9. The standard InChI is InChI=1S/C41H67N3O8P2/c1-13-32(25-38(46)50-28-49-37(45)16-14-15-23-51-54(48,52-40(7,8)9)53-41(10,11)12)33-19-22-36(44(26-29(2)3)27-30(4)5)35(24-33)43-39(47)42-34-20-17-31(6)18-21-34/h17-22,24,29-30,32,53H,13-16,23,25-28H2,1-12H3,(H2,42,43,47)/t32-,54?/m0/s1. The van der Waals surface area contributed by atoms with Crippen LogP contribution in [0, 0.1) is 18.8 Å². The second kappa shape index (κ2) is 21.9. The molecule has 0 aliphatic rings. The van der Waals surface area contributed by atoms with E-state index in [1.165, 1.54) is 0 Å². The van der Waals surface area contributed by atoms with Gasteiger partial charge in [-0.15, -0.1) is 0 Å². The van der Waals surface area contributed by atoms with Gasteiger partial charge in [-0.1, -0.05) is 79.2 Å². The molecule has 0 aromatic heterocycles. The highest BCUT2D eigenvalue weighted by Gasteiger charge is 2.35. The summed E-state index contributed by atoms with van der Waals surface area (Å²) in [5.74, 6) is -0.381. The van der Waals surface area contributed by atoms with Crippen LogP contribution in [0.4, 0.5) is 21.9 Å². The van der Waals surface area contributed by atoms with Crippen LogP contribution in [0.2, 0.25) is 0 Å². The van der Waals surface area contributed by atoms with E-state index >= 15 is 0 Å². The first-order chi connectivity index (χ1) is 25.1. The van der Waals surface area contributed by atoms with E-state index < -0.39 is 31.6 Å². The molecule has 304 valence electrons. The molecule has 2 unspecified atom stereocenters. The molecule has 13 heteroatoms. The van der Waals surface area contributed by atoms with Gasteiger partial charge < -0.3 is 34.1 Å². The molecule has 0 fully saturated rings. The lowest BCUT2D eigenvalue weighted by Crippen LogP contribution is -2.32. The van der Waals surface area contributed by atoms with Gasteiger partial charge in [0.25, 0.3) is 0 Å². The van der Waals surface area contributed by atoms with Crippen LogP contribution in [0.1, 0.15) is 125 Å². The number of urea groups is 1. The molecule has 0 aliphatic heterocycles. The Labute approximate surface area is 326 Å². The van der Waals surface area contributed by atoms with Crippen molar-refractivity contribution in [3.8, 4) is 0 Å². The van der Waals surface area contributed by atoms with Crippen molar-refractivity contribution in [1.29, 1.82) is 0 Å². The van der Waals surface area contributed by atoms with Crippen molar-refractivity contribution < 1.29 is 37.5 Å². The van der Waals surface area contributed by atoms with Crippen LogP contribution in [0.5, 0.6) is 0 Å². The third-order valence-electron chi connectivity index (χ3n) is 7.81. The molecule has 0 bridgehead atoms. The van der Waals surface area contributed by atoms with Gasteiger partial charge in [0, 0.05) is 33.5 Å². The summed E-state index contributed by atoms with van der Waals surface area (Å²) in [5, 5.41) is 5.79. The lowest BCUT2D eigenvalue weighted by Gasteiger charge is -2.31. The van der Waals surface area contributed by atoms with Crippen molar-refractivity contribution in [1.82, 2.24) is 0 Å². The van der Waals surface area contributed by atoms with E-state index in [4.69, 9.17) is 18.5 Å². The minimum Gasteiger partial charge on any atom is -0.428 e. The van der Waals surface area contributed by atoms with Gasteiger partial charge in [-0.2, -0.15) is 0 Å². The number of ether oxygens (including phenoxy) is 2. The highest BCUT2D eigenvalue weighted by molar-refractivity contribution is 8.20. The summed E-state index contributed by atoms with van der Waals surface area (Å²) in [7, 11) is -3.31. The van der Waals surface area contributed by atoms with Crippen LogP contribution < -0.4 is 15.5 Å². The molecule has 2 amide bonds. The Hall–Kier alpha value is -2.97. The average molecular weight is 792 g/mol. The van der Waals surface area contributed by atoms with Crippen molar-refractivity contribution in [2.24, 2.45) is 11.8 Å². The zero-order chi connectivity index (χ0) is 40.7. The van der Waals surface area contributed by atoms with Crippen molar-refractivity contribution in [3.05, 3.63) is 53.6 Å². The van der Waals surface area contributed by atoms with Gasteiger partial charge in [0.2, 0.25) is 6.79 Å². The molecule has 2 aromatic rings. The molecule has 2 N–H and O–H groups in total. The summed E-state index contributed by atoms with van der Waals surface area (Å²) in [6.07, 6.45) is 1.79. The molecule has 0 saturated heterocycles. The van der Waals surface area contributed by atoms with Gasteiger partial charge in [-0.25, -0.2) is 4.79 Å². The fourth-order valence-electron chi connectivity index (χ4n) is 5.66. The number of esters is 2. The summed E-state index contributed by atoms with van der Waals surface area (Å²) in [6, 6.07) is 13.2. The number of aryl methyl sites for hydroxylation is 1. The third-order valence-corrected chi connectivity index (χ3v) is 13.6. The molecular weight excluding hydrogens is 724 g/mol. The summed E-state index contributed by atoms with van der Waals surface area (Å²) in [4.78, 5) is 40.8. The number of nitrogens with one attached hydrogen (secondary N) is 2. The zero-order valence-corrected chi connectivity index (χ0v) is 36.7. The second-order valence-corrected chi connectivity index (χ2v) is 22.2. The number of hydrogen-bond donors (Lipinski definition) is 2. The van der Waals surface area contributed by atoms with Crippen molar-refractivity contribution in [3.63, 3.8) is 0 Å². The monoisotopic (exact) mass is 791 g/mol. The van der Waals surface area contributed by atoms with E-state index in [9.17, 15) is 18.9 Å². The van der Waals surface area contributed by atoms with Crippen LogP contribution in [0.15, 0.2) is 42.5 Å². The fraction of sp³-hybridized carbons (Fsp3) is 0.634. The first-order valence-corrected chi connectivity index (χ1v) is 22.6. The van der Waals surface area contributed by atoms with Gasteiger partial charge >= 0.3 is 25.3 Å². The molecule has 2 aromatic carbocycles. The lowest BCUT2D eigenvalue weighted by atomic mass is 9.92. The largest absolute Gasteiger partial charge is 0.428 e. The third kappa shape index (κ3) is 19.1. The Morgan fingerprint density at radius 2 is 1.46 bits per heavy atom. The molecule has 2 rings (SSSR count). The minimum atomic E-state index is -3.30. The maximum absolute atomic E-state index is 13.4. The average Bonchev–Trinajstić information content (AvgIpc) is 3.02. The van der Waals surface area contributed by atoms with E-state index in [1.807, 2.05) is 97.9 Å². The van der Waals surface area contributed by atoms with E-state index in [0.717, 1.165) is 29.9 Å². The van der Waals surface area contributed by atoms with E-state index in [1.54, 1.807) is 0 Å². The smallest absolute Gasteiger partial charge is 0.347 e. The predicted molar refractivity (Wildman–Crippen MR) is 223 cm³/mol. The topological polar surface area (TPSA) is 132 Å². The van der Waals surface area contributed by atoms with Crippen LogP contribution >= 0.6 is 15.6 Å². The number of amides is 2. The first-order valence-electron chi connectivity index (χ1n) is 19.2. The summed E-state index contributed by atoms with van der Waals surface area (Å²) in [6.45, 7) is 25.5. The number of carbonyl (C=O) groups is 3. The van der Waals surface area contributed by atoms with Crippen LogP contribution in [-0.4, -0.2) is 55.2 Å². The minimum absolute atomic E-state index is 0.00979. The van der Waals surface area contributed by atoms with Crippen LogP contribution in [-0.2, 0) is 32.7 Å². The molecule has 0 spiro atoms. The van der Waals surface area contributed by atoms with Crippen molar-refractivity contribution in [2.45, 2.75) is 132 Å². The summed E-state index contributed by atoms with van der Waals surface area (Å²) >= 11 is 0. The Kier molecular flexibility index (Phi) is 19.2. The maximum Gasteiger partial charge on any atom is 0.347 e. The number of unbranched alkanes of at least 4 members (excludes halogenated alkanes) is 1. The highest BCUT2D eigenvalue weighted by Crippen LogP contribution is 2.71. The normalized spacial score (nSPS) is 13.9. The molecule has 0 radical (unpaired) electrons. The molecule has 11 nitrogen and oxygen atoms in total. The Balaban J connectivity index is 2.01. The summed E-state index contributed by atoms with van der Waals surface area (Å²) < 4.78 is 35.5. The van der Waals surface area contributed by atoms with Crippen molar-refractivity contribution >= 4 is 50.6 Å². The van der Waals surface area contributed by atoms with E-state index in [0.29, 0.717) is 42.5 Å². The first kappa shape index (κ1) is 47.2. The number of carbonyl (C=O) groups excluding carboxylic acids is 3. The molecule has 0 aliphatic carbocycles. The van der Waals surface area contributed by atoms with Gasteiger partial charge in [0.15, 0.2) is 0 Å². The quantitative estimate of drug-likeness (QED) is 0.0548.